The van der Waals surface area contributed by atoms with Gasteiger partial charge < -0.3 is 5.32 Å². The van der Waals surface area contributed by atoms with Crippen molar-refractivity contribution in [2.75, 3.05) is 11.1 Å². The molecular weight excluding hydrogens is 416 g/mol. The number of para-hydroxylation sites is 1. The summed E-state index contributed by atoms with van der Waals surface area (Å²) in [6.07, 6.45) is 0. The normalized spacial score (nSPS) is 11.0. The van der Waals surface area contributed by atoms with Gasteiger partial charge in [-0.25, -0.2) is 9.67 Å². The van der Waals surface area contributed by atoms with Crippen molar-refractivity contribution in [1.82, 2.24) is 14.8 Å². The molecule has 0 aliphatic carbocycles. The summed E-state index contributed by atoms with van der Waals surface area (Å²) in [6, 6.07) is 15.8. The highest BCUT2D eigenvalue weighted by Gasteiger charge is 2.11. The Labute approximate surface area is 173 Å². The van der Waals surface area contributed by atoms with Gasteiger partial charge in [-0.2, -0.15) is 0 Å². The van der Waals surface area contributed by atoms with E-state index in [0.717, 1.165) is 20.2 Å². The van der Waals surface area contributed by atoms with E-state index >= 15 is 0 Å². The highest BCUT2D eigenvalue weighted by atomic mass is 32.2. The van der Waals surface area contributed by atoms with Gasteiger partial charge in [-0.15, -0.1) is 5.10 Å². The lowest BCUT2D eigenvalue weighted by Gasteiger charge is -2.00. The topological polar surface area (TPSA) is 59.8 Å². The van der Waals surface area contributed by atoms with Gasteiger partial charge in [-0.05, 0) is 49.0 Å². The maximum atomic E-state index is 12.3. The fourth-order valence-corrected chi connectivity index (χ4v) is 5.56. The Hall–Kier alpha value is -2.07. The Kier molecular flexibility index (Phi) is 5.35. The van der Waals surface area contributed by atoms with E-state index in [2.05, 4.69) is 21.5 Å². The number of fused-ring (bicyclic) bond motifs is 1. The van der Waals surface area contributed by atoms with Crippen LogP contribution in [0.15, 0.2) is 52.9 Å². The summed E-state index contributed by atoms with van der Waals surface area (Å²) >= 11 is 9.63. The van der Waals surface area contributed by atoms with Crippen LogP contribution in [0.4, 0.5) is 5.13 Å². The molecule has 2 heterocycles. The molecule has 136 valence electrons. The number of rotatable bonds is 5. The van der Waals surface area contributed by atoms with Crippen molar-refractivity contribution in [3.63, 3.8) is 0 Å². The SMILES string of the molecule is Cc1ccc2nc(NC(=O)CSc3nn(-c4ccccc4)c(=S)s3)sc2c1. The van der Waals surface area contributed by atoms with Crippen LogP contribution in [0.1, 0.15) is 5.56 Å². The van der Waals surface area contributed by atoms with Gasteiger partial charge >= 0.3 is 0 Å². The molecule has 27 heavy (non-hydrogen) atoms. The minimum absolute atomic E-state index is 0.108. The number of nitrogens with one attached hydrogen (secondary N) is 1. The quantitative estimate of drug-likeness (QED) is 0.343. The first-order valence-electron chi connectivity index (χ1n) is 8.04. The van der Waals surface area contributed by atoms with Crippen LogP contribution in [-0.4, -0.2) is 26.4 Å². The van der Waals surface area contributed by atoms with Crippen LogP contribution in [0.5, 0.6) is 0 Å². The van der Waals surface area contributed by atoms with Crippen molar-refractivity contribution >= 4 is 67.9 Å². The molecule has 2 aromatic carbocycles. The number of carbonyl (C=O) groups is 1. The van der Waals surface area contributed by atoms with E-state index in [1.807, 2.05) is 49.4 Å². The zero-order valence-electron chi connectivity index (χ0n) is 14.2. The van der Waals surface area contributed by atoms with Gasteiger partial charge in [0.05, 0.1) is 21.7 Å². The standard InChI is InChI=1S/C18H14N4OS4/c1-11-7-8-13-14(9-11)26-16(19-13)20-15(23)10-25-17-21-22(18(24)27-17)12-5-3-2-4-6-12/h2-9H,10H2,1H3,(H,19,20,23). The van der Waals surface area contributed by atoms with Crippen molar-refractivity contribution in [3.05, 3.63) is 58.0 Å². The van der Waals surface area contributed by atoms with Gasteiger partial charge in [-0.3, -0.25) is 4.79 Å². The van der Waals surface area contributed by atoms with E-state index in [1.165, 1.54) is 40.0 Å². The molecule has 0 spiro atoms. The predicted octanol–water partition coefficient (Wildman–Crippen LogP) is 5.31. The number of nitrogens with zero attached hydrogens (tertiary/aromatic N) is 3. The average molecular weight is 431 g/mol. The number of anilines is 1. The van der Waals surface area contributed by atoms with Crippen LogP contribution >= 0.6 is 46.7 Å². The van der Waals surface area contributed by atoms with E-state index in [-0.39, 0.29) is 11.7 Å². The minimum Gasteiger partial charge on any atom is -0.301 e. The number of thiazole rings is 1. The second kappa shape index (κ2) is 7.89. The Balaban J connectivity index is 1.41. The van der Waals surface area contributed by atoms with Gasteiger partial charge in [0.15, 0.2) is 13.4 Å². The van der Waals surface area contributed by atoms with Crippen molar-refractivity contribution in [3.8, 4) is 5.69 Å². The fourth-order valence-electron chi connectivity index (χ4n) is 2.42. The molecule has 0 saturated carbocycles. The lowest BCUT2D eigenvalue weighted by Crippen LogP contribution is -2.13. The number of thioether (sulfide) groups is 1. The molecule has 5 nitrogen and oxygen atoms in total. The number of aryl methyl sites for hydroxylation is 1. The zero-order valence-corrected chi connectivity index (χ0v) is 17.5. The van der Waals surface area contributed by atoms with E-state index in [9.17, 15) is 4.79 Å². The van der Waals surface area contributed by atoms with Crippen LogP contribution in [0.2, 0.25) is 0 Å². The van der Waals surface area contributed by atoms with E-state index in [4.69, 9.17) is 12.2 Å². The van der Waals surface area contributed by atoms with Crippen molar-refractivity contribution in [2.45, 2.75) is 11.3 Å². The summed E-state index contributed by atoms with van der Waals surface area (Å²) in [5.41, 5.74) is 2.99. The first-order valence-corrected chi connectivity index (χ1v) is 11.1. The summed E-state index contributed by atoms with van der Waals surface area (Å²) in [5, 5.41) is 7.98. The van der Waals surface area contributed by atoms with Crippen LogP contribution in [0, 0.1) is 10.9 Å². The van der Waals surface area contributed by atoms with Gasteiger partial charge in [0.25, 0.3) is 0 Å². The van der Waals surface area contributed by atoms with Gasteiger partial charge in [0.2, 0.25) is 5.91 Å². The molecular formula is C18H14N4OS4. The van der Waals surface area contributed by atoms with E-state index < -0.39 is 0 Å². The molecule has 0 unspecified atom stereocenters. The first kappa shape index (κ1) is 18.3. The van der Waals surface area contributed by atoms with Crippen LogP contribution in [-0.2, 0) is 4.79 Å². The van der Waals surface area contributed by atoms with Crippen molar-refractivity contribution in [2.24, 2.45) is 0 Å². The summed E-state index contributed by atoms with van der Waals surface area (Å²) in [4.78, 5) is 16.7. The lowest BCUT2D eigenvalue weighted by atomic mass is 10.2. The number of hydrogen-bond acceptors (Lipinski definition) is 7. The second-order valence-corrected chi connectivity index (χ2v) is 9.58. The number of carbonyl (C=O) groups excluding carboxylic acids is 1. The minimum atomic E-state index is -0.108. The molecule has 0 saturated heterocycles. The highest BCUT2D eigenvalue weighted by Crippen LogP contribution is 2.28. The van der Waals surface area contributed by atoms with E-state index in [1.54, 1.807) is 4.68 Å². The Bertz CT molecular complexity index is 1160. The van der Waals surface area contributed by atoms with Gasteiger partial charge in [-0.1, -0.05) is 58.7 Å². The number of amides is 1. The molecule has 0 radical (unpaired) electrons. The molecule has 0 bridgehead atoms. The fraction of sp³-hybridized carbons (Fsp3) is 0.111. The third-order valence-corrected chi connectivity index (χ3v) is 6.95. The Morgan fingerprint density at radius 2 is 2.04 bits per heavy atom. The van der Waals surface area contributed by atoms with E-state index in [0.29, 0.717) is 9.09 Å². The lowest BCUT2D eigenvalue weighted by molar-refractivity contribution is -0.113. The predicted molar refractivity (Wildman–Crippen MR) is 116 cm³/mol. The molecule has 0 aliphatic rings. The van der Waals surface area contributed by atoms with Crippen molar-refractivity contribution < 1.29 is 4.79 Å². The van der Waals surface area contributed by atoms with Crippen LogP contribution in [0.3, 0.4) is 0 Å². The van der Waals surface area contributed by atoms with Crippen LogP contribution in [0.25, 0.3) is 15.9 Å². The molecule has 0 fully saturated rings. The largest absolute Gasteiger partial charge is 0.301 e. The zero-order chi connectivity index (χ0) is 18.8. The maximum absolute atomic E-state index is 12.3. The summed E-state index contributed by atoms with van der Waals surface area (Å²) in [7, 11) is 0. The molecule has 4 rings (SSSR count). The molecule has 2 aromatic heterocycles. The van der Waals surface area contributed by atoms with Gasteiger partial charge in [0.1, 0.15) is 0 Å². The molecule has 0 atom stereocenters. The molecule has 1 N–H and O–H groups in total. The molecule has 4 aromatic rings. The summed E-state index contributed by atoms with van der Waals surface area (Å²) in [6.45, 7) is 2.04. The summed E-state index contributed by atoms with van der Waals surface area (Å²) < 4.78 is 4.21. The molecule has 9 heteroatoms. The Morgan fingerprint density at radius 3 is 2.85 bits per heavy atom. The van der Waals surface area contributed by atoms with Crippen molar-refractivity contribution in [1.29, 1.82) is 0 Å². The highest BCUT2D eigenvalue weighted by molar-refractivity contribution is 8.01. The smallest absolute Gasteiger partial charge is 0.236 e. The van der Waals surface area contributed by atoms with Crippen LogP contribution < -0.4 is 5.32 Å². The molecule has 1 amide bonds. The molecule has 0 aliphatic heterocycles. The first-order chi connectivity index (χ1) is 13.1. The number of aromatic nitrogens is 3. The second-order valence-electron chi connectivity index (χ2n) is 5.71. The monoisotopic (exact) mass is 430 g/mol. The third-order valence-electron chi connectivity index (χ3n) is 3.65. The number of hydrogen-bond donors (Lipinski definition) is 1. The van der Waals surface area contributed by atoms with Gasteiger partial charge in [0, 0.05) is 0 Å². The average Bonchev–Trinajstić information content (AvgIpc) is 3.23. The number of benzene rings is 2. The third kappa shape index (κ3) is 4.27. The summed E-state index contributed by atoms with van der Waals surface area (Å²) in [5.74, 6) is 0.148. The Morgan fingerprint density at radius 1 is 1.22 bits per heavy atom. The maximum Gasteiger partial charge on any atom is 0.236 e.